The second-order valence-electron chi connectivity index (χ2n) is 6.89. The van der Waals surface area contributed by atoms with Crippen molar-refractivity contribution in [3.8, 4) is 0 Å². The number of aliphatic hydroxyl groups excluding tert-OH is 2. The molecule has 2 N–H and O–H groups in total. The van der Waals surface area contributed by atoms with Crippen LogP contribution in [-0.4, -0.2) is 74.9 Å². The van der Waals surface area contributed by atoms with Gasteiger partial charge in [-0.05, 0) is 31.0 Å². The van der Waals surface area contributed by atoms with E-state index in [1.165, 1.54) is 18.2 Å². The minimum Gasteiger partial charge on any atom is -0.744 e. The van der Waals surface area contributed by atoms with Crippen LogP contribution < -0.4 is 56.3 Å². The molecular formula is C20H34KNO7S. The summed E-state index contributed by atoms with van der Waals surface area (Å²) in [5, 5.41) is 19.9. The van der Waals surface area contributed by atoms with Crippen LogP contribution in [0.25, 0.3) is 0 Å². The molecule has 10 heteroatoms. The molecule has 30 heavy (non-hydrogen) atoms. The van der Waals surface area contributed by atoms with Crippen molar-refractivity contribution in [2.45, 2.75) is 56.5 Å². The van der Waals surface area contributed by atoms with Gasteiger partial charge < -0.3 is 29.1 Å². The maximum Gasteiger partial charge on any atom is 1.00 e. The Hall–Kier alpha value is 0.406. The van der Waals surface area contributed by atoms with Gasteiger partial charge in [-0.25, -0.2) is 8.42 Å². The van der Waals surface area contributed by atoms with Gasteiger partial charge in [-0.15, -0.1) is 0 Å². The molecule has 8 nitrogen and oxygen atoms in total. The molecule has 168 valence electrons. The standard InChI is InChI=1S/C20H35NO7S.K/c1-3-5-10-27-15-18(13-22)21(19(14-23)16-28-11-6-4-2)17-8-7-9-20(12-17)29(24,25)26;/h7-9,12,18-19,22-23H,3-6,10-11,13-16H2,1-2H3,(H,24,25,26);/q;+1/p-1. The number of ether oxygens (including phenoxy) is 2. The number of aliphatic hydroxyl groups is 2. The molecule has 0 amide bonds. The Morgan fingerprint density at radius 3 is 1.90 bits per heavy atom. The van der Waals surface area contributed by atoms with Crippen LogP contribution in [0.3, 0.4) is 0 Å². The van der Waals surface area contributed by atoms with E-state index < -0.39 is 22.2 Å². The van der Waals surface area contributed by atoms with Crippen molar-refractivity contribution in [3.63, 3.8) is 0 Å². The van der Waals surface area contributed by atoms with Crippen LogP contribution >= 0.6 is 0 Å². The summed E-state index contributed by atoms with van der Waals surface area (Å²) in [6.45, 7) is 5.00. The molecule has 2 unspecified atom stereocenters. The minimum absolute atomic E-state index is 0. The SMILES string of the molecule is CCCCOCC(CO)N(c1cccc(S(=O)(=O)[O-])c1)C(CO)COCCCC.[K+]. The number of unbranched alkanes of at least 4 members (excludes halogenated alkanes) is 2. The Morgan fingerprint density at radius 1 is 1.00 bits per heavy atom. The molecule has 1 aromatic carbocycles. The summed E-state index contributed by atoms with van der Waals surface area (Å²) in [7, 11) is -4.64. The number of rotatable bonds is 16. The van der Waals surface area contributed by atoms with Gasteiger partial charge in [0.05, 0.1) is 43.4 Å². The van der Waals surface area contributed by atoms with Gasteiger partial charge in [0.2, 0.25) is 0 Å². The Labute approximate surface area is 223 Å². The normalized spacial score (nSPS) is 13.5. The van der Waals surface area contributed by atoms with E-state index in [9.17, 15) is 23.2 Å². The molecule has 0 aliphatic heterocycles. The van der Waals surface area contributed by atoms with E-state index in [0.717, 1.165) is 25.7 Å². The first-order valence-corrected chi connectivity index (χ1v) is 11.5. The van der Waals surface area contributed by atoms with Crippen molar-refractivity contribution in [2.75, 3.05) is 44.5 Å². The summed E-state index contributed by atoms with van der Waals surface area (Å²) in [6, 6.07) is 4.50. The number of anilines is 1. The van der Waals surface area contributed by atoms with Crippen LogP contribution in [-0.2, 0) is 19.6 Å². The molecule has 0 aliphatic carbocycles. The summed E-state index contributed by atoms with van der Waals surface area (Å²) in [4.78, 5) is 1.32. The van der Waals surface area contributed by atoms with E-state index in [1.807, 2.05) is 13.8 Å². The second-order valence-corrected chi connectivity index (χ2v) is 8.27. The largest absolute Gasteiger partial charge is 1.00 e. The maximum atomic E-state index is 11.5. The molecule has 0 aliphatic rings. The van der Waals surface area contributed by atoms with Crippen LogP contribution in [0.5, 0.6) is 0 Å². The second kappa shape index (κ2) is 17.0. The molecule has 0 saturated heterocycles. The van der Waals surface area contributed by atoms with E-state index in [2.05, 4.69) is 0 Å². The summed E-state index contributed by atoms with van der Waals surface area (Å²) in [5.41, 5.74) is 0.401. The first kappa shape index (κ1) is 30.4. The molecule has 0 heterocycles. The first-order chi connectivity index (χ1) is 13.9. The van der Waals surface area contributed by atoms with Gasteiger partial charge in [-0.2, -0.15) is 0 Å². The van der Waals surface area contributed by atoms with E-state index in [-0.39, 0.29) is 82.7 Å². The number of benzene rings is 1. The molecule has 0 radical (unpaired) electrons. The summed E-state index contributed by atoms with van der Waals surface area (Å²) in [5.74, 6) is 0. The molecule has 0 fully saturated rings. The van der Waals surface area contributed by atoms with E-state index >= 15 is 0 Å². The Morgan fingerprint density at radius 2 is 1.50 bits per heavy atom. The molecule has 1 aromatic rings. The Balaban J connectivity index is 0.00000841. The number of nitrogens with zero attached hydrogens (tertiary/aromatic N) is 1. The van der Waals surface area contributed by atoms with Gasteiger partial charge in [0.1, 0.15) is 10.1 Å². The smallest absolute Gasteiger partial charge is 0.744 e. The van der Waals surface area contributed by atoms with Gasteiger partial charge >= 0.3 is 51.4 Å². The van der Waals surface area contributed by atoms with Crippen molar-refractivity contribution in [3.05, 3.63) is 24.3 Å². The van der Waals surface area contributed by atoms with Crippen molar-refractivity contribution in [1.82, 2.24) is 0 Å². The zero-order chi connectivity index (χ0) is 21.7. The molecule has 0 saturated carbocycles. The summed E-state index contributed by atoms with van der Waals surface area (Å²) in [6.07, 6.45) is 3.71. The summed E-state index contributed by atoms with van der Waals surface area (Å²) >= 11 is 0. The molecule has 0 bridgehead atoms. The van der Waals surface area contributed by atoms with E-state index in [0.29, 0.717) is 18.9 Å². The topological polar surface area (TPSA) is 119 Å². The van der Waals surface area contributed by atoms with Gasteiger partial charge in [0.25, 0.3) is 0 Å². The average Bonchev–Trinajstić information content (AvgIpc) is 2.71. The average molecular weight is 472 g/mol. The van der Waals surface area contributed by atoms with Gasteiger partial charge in [-0.3, -0.25) is 0 Å². The third-order valence-corrected chi connectivity index (χ3v) is 5.35. The van der Waals surface area contributed by atoms with Crippen LogP contribution in [0.2, 0.25) is 0 Å². The van der Waals surface area contributed by atoms with Crippen LogP contribution in [0.1, 0.15) is 39.5 Å². The Bertz CT molecular complexity index is 655. The third-order valence-electron chi connectivity index (χ3n) is 4.52. The fraction of sp³-hybridized carbons (Fsp3) is 0.700. The molecule has 1 rings (SSSR count). The van der Waals surface area contributed by atoms with Crippen LogP contribution in [0.4, 0.5) is 5.69 Å². The Kier molecular flexibility index (Phi) is 17.2. The summed E-state index contributed by atoms with van der Waals surface area (Å²) < 4.78 is 45.7. The molecular weight excluding hydrogens is 437 g/mol. The number of hydrogen-bond donors (Lipinski definition) is 2. The van der Waals surface area contributed by atoms with E-state index in [1.54, 1.807) is 11.0 Å². The van der Waals surface area contributed by atoms with Gasteiger partial charge in [-0.1, -0.05) is 32.8 Å². The monoisotopic (exact) mass is 471 g/mol. The first-order valence-electron chi connectivity index (χ1n) is 10.1. The number of hydrogen-bond acceptors (Lipinski definition) is 8. The quantitative estimate of drug-likeness (QED) is 0.175. The van der Waals surface area contributed by atoms with Gasteiger partial charge in [0, 0.05) is 18.9 Å². The third kappa shape index (κ3) is 10.8. The molecule has 2 atom stereocenters. The fourth-order valence-electron chi connectivity index (χ4n) is 2.89. The van der Waals surface area contributed by atoms with Crippen molar-refractivity contribution in [1.29, 1.82) is 0 Å². The predicted octanol–water partition coefficient (Wildman–Crippen LogP) is -1.24. The van der Waals surface area contributed by atoms with Crippen molar-refractivity contribution < 1.29 is 84.0 Å². The zero-order valence-electron chi connectivity index (χ0n) is 18.3. The van der Waals surface area contributed by atoms with E-state index in [4.69, 9.17) is 9.47 Å². The molecule has 0 aromatic heterocycles. The van der Waals surface area contributed by atoms with Crippen molar-refractivity contribution in [2.24, 2.45) is 0 Å². The van der Waals surface area contributed by atoms with Crippen LogP contribution in [0, 0.1) is 0 Å². The zero-order valence-corrected chi connectivity index (χ0v) is 22.3. The van der Waals surface area contributed by atoms with Gasteiger partial charge in [0.15, 0.2) is 0 Å². The maximum absolute atomic E-state index is 11.5. The fourth-order valence-corrected chi connectivity index (χ4v) is 3.40. The predicted molar refractivity (Wildman–Crippen MR) is 110 cm³/mol. The minimum atomic E-state index is -4.64. The van der Waals surface area contributed by atoms with Crippen molar-refractivity contribution >= 4 is 15.8 Å². The van der Waals surface area contributed by atoms with Crippen LogP contribution in [0.15, 0.2) is 29.2 Å². The molecule has 0 spiro atoms.